The van der Waals surface area contributed by atoms with Crippen LogP contribution in [0.25, 0.3) is 0 Å². The minimum Gasteiger partial charge on any atom is -0.462 e. The summed E-state index contributed by atoms with van der Waals surface area (Å²) < 4.78 is 5.08. The number of esters is 1. The van der Waals surface area contributed by atoms with Crippen LogP contribution in [0.15, 0.2) is 36.4 Å². The number of benzene rings is 2. The normalized spacial score (nSPS) is 25.1. The molecular formula is C26H28N2O4S. The van der Waals surface area contributed by atoms with E-state index in [1.165, 1.54) is 17.3 Å². The fraction of sp³-hybridized carbons (Fsp3) is 0.423. The van der Waals surface area contributed by atoms with Gasteiger partial charge in [0.05, 0.1) is 23.6 Å². The first-order chi connectivity index (χ1) is 15.6. The first-order valence-corrected chi connectivity index (χ1v) is 12.3. The second kappa shape index (κ2) is 7.35. The Kier molecular flexibility index (Phi) is 4.90. The maximum absolute atomic E-state index is 14.3. The number of ether oxygens (including phenoxy) is 1. The van der Waals surface area contributed by atoms with Crippen LogP contribution in [0.5, 0.6) is 0 Å². The molecule has 2 aromatic rings. The summed E-state index contributed by atoms with van der Waals surface area (Å²) >= 11 is 1.39. The third-order valence-electron chi connectivity index (χ3n) is 6.91. The van der Waals surface area contributed by atoms with E-state index in [2.05, 4.69) is 32.9 Å². The molecule has 6 nitrogen and oxygen atoms in total. The van der Waals surface area contributed by atoms with Gasteiger partial charge < -0.3 is 9.64 Å². The van der Waals surface area contributed by atoms with Crippen molar-refractivity contribution in [1.82, 2.24) is 0 Å². The van der Waals surface area contributed by atoms with E-state index in [1.54, 1.807) is 36.1 Å². The number of carbonyl (C=O) groups excluding carboxylic acids is 3. The van der Waals surface area contributed by atoms with Crippen LogP contribution in [0.2, 0.25) is 0 Å². The number of hydrogen-bond acceptors (Lipinski definition) is 5. The van der Waals surface area contributed by atoms with Crippen molar-refractivity contribution in [3.63, 3.8) is 0 Å². The summed E-state index contributed by atoms with van der Waals surface area (Å²) in [5, 5.41) is 0. The molecule has 0 aliphatic carbocycles. The Morgan fingerprint density at radius 2 is 1.85 bits per heavy atom. The number of carbonyl (C=O) groups is 3. The van der Waals surface area contributed by atoms with Gasteiger partial charge >= 0.3 is 5.97 Å². The molecular weight excluding hydrogens is 436 g/mol. The van der Waals surface area contributed by atoms with E-state index in [9.17, 15) is 14.4 Å². The average molecular weight is 465 g/mol. The van der Waals surface area contributed by atoms with Crippen LogP contribution in [-0.4, -0.2) is 35.7 Å². The monoisotopic (exact) mass is 464 g/mol. The molecule has 2 aromatic carbocycles. The van der Waals surface area contributed by atoms with Crippen LogP contribution in [0.3, 0.4) is 0 Å². The van der Waals surface area contributed by atoms with E-state index >= 15 is 0 Å². The van der Waals surface area contributed by atoms with Crippen molar-refractivity contribution in [3.05, 3.63) is 58.7 Å². The smallest absolute Gasteiger partial charge is 0.338 e. The van der Waals surface area contributed by atoms with Crippen LogP contribution in [0.1, 0.15) is 67.1 Å². The zero-order valence-electron chi connectivity index (χ0n) is 19.6. The quantitative estimate of drug-likeness (QED) is 0.614. The fourth-order valence-corrected chi connectivity index (χ4v) is 7.02. The Labute approximate surface area is 198 Å². The van der Waals surface area contributed by atoms with Crippen molar-refractivity contribution in [2.75, 3.05) is 22.2 Å². The number of aryl methyl sites for hydroxylation is 1. The topological polar surface area (TPSA) is 66.9 Å². The van der Waals surface area contributed by atoms with Gasteiger partial charge in [-0.1, -0.05) is 24.6 Å². The molecule has 7 heteroatoms. The molecule has 0 N–H and O–H groups in total. The first kappa shape index (κ1) is 22.0. The van der Waals surface area contributed by atoms with Crippen LogP contribution in [0, 0.1) is 6.92 Å². The Bertz CT molecular complexity index is 1190. The van der Waals surface area contributed by atoms with Gasteiger partial charge in [-0.05, 0) is 69.9 Å². The lowest BCUT2D eigenvalue weighted by Crippen LogP contribution is -2.56. The summed E-state index contributed by atoms with van der Waals surface area (Å²) in [7, 11) is 0. The molecule has 2 atom stereocenters. The summed E-state index contributed by atoms with van der Waals surface area (Å²) in [4.78, 5) is 42.1. The molecule has 0 aromatic heterocycles. The lowest BCUT2D eigenvalue weighted by atomic mass is 9.80. The number of anilines is 2. The standard InChI is InChI=1S/C26H28N2O4S/c1-6-32-23(30)17-7-9-18(10-8-17)27-21(29)14-33-26(27)20-12-15(2)11-19-16(3)13-25(4,5)28(22(19)20)24(26)31/h7-12,16H,6,13-14H2,1-5H3/t16-,26-/m1/s1. The highest BCUT2D eigenvalue weighted by Gasteiger charge is 2.64. The van der Waals surface area contributed by atoms with Crippen LogP contribution >= 0.6 is 11.8 Å². The maximum Gasteiger partial charge on any atom is 0.338 e. The minimum absolute atomic E-state index is 0.0634. The van der Waals surface area contributed by atoms with E-state index < -0.39 is 10.8 Å². The van der Waals surface area contributed by atoms with E-state index in [1.807, 2.05) is 11.8 Å². The first-order valence-electron chi connectivity index (χ1n) is 11.4. The minimum atomic E-state index is -1.14. The highest BCUT2D eigenvalue weighted by atomic mass is 32.2. The summed E-state index contributed by atoms with van der Waals surface area (Å²) in [6.45, 7) is 10.5. The number of hydrogen-bond donors (Lipinski definition) is 0. The zero-order chi connectivity index (χ0) is 23.7. The summed E-state index contributed by atoms with van der Waals surface area (Å²) in [5.74, 6) is -0.0500. The average Bonchev–Trinajstić information content (AvgIpc) is 3.23. The van der Waals surface area contributed by atoms with Gasteiger partial charge in [-0.2, -0.15) is 0 Å². The lowest BCUT2D eigenvalue weighted by Gasteiger charge is -2.44. The maximum atomic E-state index is 14.3. The molecule has 172 valence electrons. The molecule has 0 bridgehead atoms. The number of nitrogens with zero attached hydrogens (tertiary/aromatic N) is 2. The highest BCUT2D eigenvalue weighted by Crippen LogP contribution is 2.61. The third kappa shape index (κ3) is 2.98. The second-order valence-electron chi connectivity index (χ2n) is 9.74. The van der Waals surface area contributed by atoms with Crippen molar-refractivity contribution < 1.29 is 19.1 Å². The molecule has 3 aliphatic rings. The number of fused-ring (bicyclic) bond motifs is 1. The van der Waals surface area contributed by atoms with Crippen molar-refractivity contribution in [3.8, 4) is 0 Å². The molecule has 1 spiro atoms. The predicted octanol–water partition coefficient (Wildman–Crippen LogP) is 4.74. The molecule has 0 radical (unpaired) electrons. The van der Waals surface area contributed by atoms with E-state index in [-0.39, 0.29) is 23.1 Å². The van der Waals surface area contributed by atoms with Gasteiger partial charge in [-0.25, -0.2) is 4.79 Å². The van der Waals surface area contributed by atoms with Gasteiger partial charge in [0, 0.05) is 16.8 Å². The van der Waals surface area contributed by atoms with Crippen LogP contribution < -0.4 is 9.80 Å². The zero-order valence-corrected chi connectivity index (χ0v) is 20.4. The van der Waals surface area contributed by atoms with Crippen LogP contribution in [0.4, 0.5) is 11.4 Å². The Balaban J connectivity index is 1.69. The van der Waals surface area contributed by atoms with Gasteiger partial charge in [0.25, 0.3) is 5.91 Å². The van der Waals surface area contributed by atoms with E-state index in [4.69, 9.17) is 4.74 Å². The highest BCUT2D eigenvalue weighted by molar-refractivity contribution is 8.02. The SMILES string of the molecule is CCOC(=O)c1ccc(N2C(=O)CS[C@]23C(=O)N2c4c(cc(C)cc43)[C@H](C)CC2(C)C)cc1. The van der Waals surface area contributed by atoms with Gasteiger partial charge in [-0.3, -0.25) is 14.5 Å². The Morgan fingerprint density at radius 3 is 2.52 bits per heavy atom. The predicted molar refractivity (Wildman–Crippen MR) is 130 cm³/mol. The van der Waals surface area contributed by atoms with Crippen molar-refractivity contribution in [2.45, 2.75) is 57.4 Å². The molecule has 0 unspecified atom stereocenters. The van der Waals surface area contributed by atoms with E-state index in [0.717, 1.165) is 23.2 Å². The molecule has 1 fully saturated rings. The summed E-state index contributed by atoms with van der Waals surface area (Å²) in [6.07, 6.45) is 0.859. The summed E-state index contributed by atoms with van der Waals surface area (Å²) in [5.41, 5.74) is 4.78. The third-order valence-corrected chi connectivity index (χ3v) is 8.30. The van der Waals surface area contributed by atoms with Gasteiger partial charge in [0.2, 0.25) is 10.8 Å². The number of rotatable bonds is 3. The molecule has 0 saturated carbocycles. The summed E-state index contributed by atoms with van der Waals surface area (Å²) in [6, 6.07) is 11.0. The van der Waals surface area contributed by atoms with Crippen molar-refractivity contribution >= 4 is 40.9 Å². The fourth-order valence-electron chi connectivity index (χ4n) is 5.70. The van der Waals surface area contributed by atoms with Gasteiger partial charge in [-0.15, -0.1) is 11.8 Å². The molecule has 33 heavy (non-hydrogen) atoms. The second-order valence-corrected chi connectivity index (χ2v) is 10.9. The molecule has 3 heterocycles. The lowest BCUT2D eigenvalue weighted by molar-refractivity contribution is -0.124. The van der Waals surface area contributed by atoms with Crippen LogP contribution in [-0.2, 0) is 19.2 Å². The molecule has 2 amide bonds. The Hall–Kier alpha value is -2.80. The van der Waals surface area contributed by atoms with E-state index in [0.29, 0.717) is 23.8 Å². The van der Waals surface area contributed by atoms with Crippen molar-refractivity contribution in [2.24, 2.45) is 0 Å². The molecule has 5 rings (SSSR count). The number of thioether (sulfide) groups is 1. The molecule has 1 saturated heterocycles. The molecule has 3 aliphatic heterocycles. The number of amides is 2. The van der Waals surface area contributed by atoms with Crippen molar-refractivity contribution in [1.29, 1.82) is 0 Å². The van der Waals surface area contributed by atoms with Gasteiger partial charge in [0.1, 0.15) is 0 Å². The largest absolute Gasteiger partial charge is 0.462 e. The Morgan fingerprint density at radius 1 is 1.15 bits per heavy atom. The van der Waals surface area contributed by atoms with Gasteiger partial charge in [0.15, 0.2) is 0 Å².